The highest BCUT2D eigenvalue weighted by Crippen LogP contribution is 2.73. The van der Waals surface area contributed by atoms with E-state index in [0.717, 1.165) is 54.1 Å². The molecular formula is C44H50N4O10. The van der Waals surface area contributed by atoms with E-state index in [1.165, 1.54) is 26.9 Å². The predicted octanol–water partition coefficient (Wildman–Crippen LogP) is 4.00. The molecule has 0 radical (unpaired) electrons. The Balaban J connectivity index is 1.05. The second kappa shape index (κ2) is 11.2. The summed E-state index contributed by atoms with van der Waals surface area (Å²) in [6.07, 6.45) is 2.52. The number of nitrogens with one attached hydrogen (secondary N) is 2. The normalized spacial score (nSPS) is 40.0. The van der Waals surface area contributed by atoms with E-state index in [1.54, 1.807) is 13.2 Å². The van der Waals surface area contributed by atoms with E-state index in [9.17, 15) is 19.8 Å². The molecule has 11 atom stereocenters. The highest BCUT2D eigenvalue weighted by Gasteiger charge is 2.76. The van der Waals surface area contributed by atoms with E-state index in [1.807, 2.05) is 0 Å². The number of benzene rings is 2. The van der Waals surface area contributed by atoms with Gasteiger partial charge in [0.2, 0.25) is 5.75 Å². The van der Waals surface area contributed by atoms with Crippen LogP contribution in [0.4, 0.5) is 11.4 Å². The number of nitrogens with zero attached hydrogens (tertiary/aromatic N) is 2. The summed E-state index contributed by atoms with van der Waals surface area (Å²) < 4.78 is 35.8. The van der Waals surface area contributed by atoms with Crippen LogP contribution in [0.5, 0.6) is 23.0 Å². The van der Waals surface area contributed by atoms with Crippen molar-refractivity contribution < 1.29 is 48.2 Å². The number of epoxide rings is 1. The van der Waals surface area contributed by atoms with Crippen LogP contribution in [0.15, 0.2) is 40.7 Å². The lowest BCUT2D eigenvalue weighted by Gasteiger charge is -2.60. The molecule has 5 saturated heterocycles. The summed E-state index contributed by atoms with van der Waals surface area (Å²) in [7, 11) is 5.89. The maximum Gasteiger partial charge on any atom is 0.335 e. The van der Waals surface area contributed by atoms with E-state index >= 15 is 0 Å². The van der Waals surface area contributed by atoms with Crippen molar-refractivity contribution in [3.8, 4) is 23.0 Å². The van der Waals surface area contributed by atoms with E-state index < -0.39 is 34.4 Å². The summed E-state index contributed by atoms with van der Waals surface area (Å²) in [6, 6.07) is 5.72. The molecule has 306 valence electrons. The Labute approximate surface area is 336 Å². The van der Waals surface area contributed by atoms with Crippen molar-refractivity contribution in [3.63, 3.8) is 0 Å². The van der Waals surface area contributed by atoms with Gasteiger partial charge in [-0.05, 0) is 68.3 Å². The van der Waals surface area contributed by atoms with Crippen molar-refractivity contribution in [2.45, 2.75) is 106 Å². The fourth-order valence-electron chi connectivity index (χ4n) is 14.9. The summed E-state index contributed by atoms with van der Waals surface area (Å²) >= 11 is 0. The summed E-state index contributed by atoms with van der Waals surface area (Å²) in [5, 5.41) is 31.8. The molecule has 5 fully saturated rings. The fourth-order valence-corrected chi connectivity index (χ4v) is 14.9. The summed E-state index contributed by atoms with van der Waals surface area (Å²) in [6.45, 7) is 6.76. The number of carbonyl (C=O) groups is 2. The minimum Gasteiger partial charge on any atom is -0.504 e. The smallest absolute Gasteiger partial charge is 0.335 e. The van der Waals surface area contributed by atoms with Crippen molar-refractivity contribution in [1.29, 1.82) is 0 Å². The number of methoxy groups -OCH3 is 4. The highest BCUT2D eigenvalue weighted by atomic mass is 16.6. The number of carbonyl (C=O) groups excluding carboxylic acids is 2. The number of rotatable bonds is 6. The molecule has 14 heteroatoms. The Bertz CT molecular complexity index is 2350. The van der Waals surface area contributed by atoms with Crippen molar-refractivity contribution >= 4 is 23.3 Å². The Hall–Kier alpha value is -4.50. The van der Waals surface area contributed by atoms with Gasteiger partial charge >= 0.3 is 11.9 Å². The fraction of sp³-hybridized carbons (Fsp3) is 0.591. The standard InChI is InChI=1S/C44H50N4O10/c1-7-41-16-20(37(51)55-5)34-44(23-14-25(49)30(53-3)31(54-4)28(23)46-34)10-12-48(40(41)44)29-19-13-22-24(15-26(19)57-32(29)35(41)50)45-33-21(38(52)56-6)17-42(8-2)36-27(58-36)18-47-11-9-43(22,33)39(42)47/h13-15,27,29,32,35-36,39-40,45-46,49-50H,7-12,16-18H2,1-6H3/t27-,29-,32+,35-,36-,39+,40+,41-,42-,43+,44+/m1/s1. The molecule has 2 spiro atoms. The number of anilines is 2. The molecule has 2 aliphatic carbocycles. The Morgan fingerprint density at radius 3 is 2.22 bits per heavy atom. The number of piperidine rings is 2. The van der Waals surface area contributed by atoms with E-state index in [0.29, 0.717) is 54.1 Å². The Kier molecular flexibility index (Phi) is 6.84. The van der Waals surface area contributed by atoms with Crippen LogP contribution in [0.3, 0.4) is 0 Å². The predicted molar refractivity (Wildman–Crippen MR) is 208 cm³/mol. The molecule has 0 unspecified atom stereocenters. The van der Waals surface area contributed by atoms with E-state index in [2.05, 4.69) is 46.4 Å². The molecule has 10 aliphatic rings. The van der Waals surface area contributed by atoms with Gasteiger partial charge in [0.25, 0.3) is 0 Å². The quantitative estimate of drug-likeness (QED) is 0.189. The number of ether oxygens (including phenoxy) is 6. The lowest BCUT2D eigenvalue weighted by Crippen LogP contribution is -2.69. The number of hydrogen-bond acceptors (Lipinski definition) is 14. The average molecular weight is 795 g/mol. The van der Waals surface area contributed by atoms with Crippen LogP contribution in [0.2, 0.25) is 0 Å². The third kappa shape index (κ3) is 3.66. The van der Waals surface area contributed by atoms with Crippen LogP contribution < -0.4 is 24.8 Å². The molecule has 8 aliphatic heterocycles. The van der Waals surface area contributed by atoms with Crippen LogP contribution in [0.25, 0.3) is 0 Å². The average Bonchev–Trinajstić information content (AvgIpc) is 3.57. The molecular weight excluding hydrogens is 745 g/mol. The zero-order chi connectivity index (χ0) is 40.0. The van der Waals surface area contributed by atoms with Crippen molar-refractivity contribution in [2.75, 3.05) is 58.7 Å². The number of fused-ring (bicyclic) bond motifs is 8. The van der Waals surface area contributed by atoms with E-state index in [4.69, 9.17) is 28.4 Å². The molecule has 12 rings (SSSR count). The molecule has 8 heterocycles. The van der Waals surface area contributed by atoms with Gasteiger partial charge in [0.1, 0.15) is 18.0 Å². The number of aliphatic hydroxyl groups is 1. The van der Waals surface area contributed by atoms with Crippen molar-refractivity contribution in [1.82, 2.24) is 9.80 Å². The van der Waals surface area contributed by atoms with Gasteiger partial charge in [-0.15, -0.1) is 0 Å². The molecule has 2 aromatic carbocycles. The van der Waals surface area contributed by atoms with Crippen LogP contribution in [0, 0.1) is 10.8 Å². The first kappa shape index (κ1) is 35.4. The first-order valence-corrected chi connectivity index (χ1v) is 20.9. The van der Waals surface area contributed by atoms with E-state index in [-0.39, 0.29) is 59.6 Å². The van der Waals surface area contributed by atoms with Crippen LogP contribution >= 0.6 is 0 Å². The molecule has 0 bridgehead atoms. The third-order valence-electron chi connectivity index (χ3n) is 16.9. The monoisotopic (exact) mass is 794 g/mol. The molecule has 4 N–H and O–H groups in total. The molecule has 0 saturated carbocycles. The molecule has 0 amide bonds. The van der Waals surface area contributed by atoms with Gasteiger partial charge in [0.05, 0.1) is 74.4 Å². The zero-order valence-electron chi connectivity index (χ0n) is 33.7. The SMILES string of the molecule is CC[C@@]12CC(C(=O)OC)=C3Nc4cc5c(cc4[C@@]34CCN(C[C@H]3O[C@H]31)[C@@H]24)[C@@H]1[C@H](O5)[C@@H](O)[C@@]2(CC)CC(C(=O)OC)=C3Nc4c(cc(O)c(OC)c4OC)[C@@]34CCN1[C@@H]24. The second-order valence-corrected chi connectivity index (χ2v) is 18.3. The van der Waals surface area contributed by atoms with Gasteiger partial charge in [0.15, 0.2) is 11.5 Å². The van der Waals surface area contributed by atoms with Crippen molar-refractivity contribution in [3.05, 3.63) is 57.4 Å². The summed E-state index contributed by atoms with van der Waals surface area (Å²) in [5.74, 6) is 0.458. The lowest BCUT2D eigenvalue weighted by molar-refractivity contribution is -0.168. The first-order chi connectivity index (χ1) is 28.0. The Morgan fingerprint density at radius 1 is 0.862 bits per heavy atom. The zero-order valence-corrected chi connectivity index (χ0v) is 33.7. The van der Waals surface area contributed by atoms with Gasteiger partial charge in [0, 0.05) is 64.7 Å². The topological polar surface area (TPSA) is 164 Å². The maximum atomic E-state index is 13.9. The Morgan fingerprint density at radius 2 is 1.53 bits per heavy atom. The van der Waals surface area contributed by atoms with Gasteiger partial charge in [-0.2, -0.15) is 0 Å². The molecule has 2 aromatic rings. The maximum absolute atomic E-state index is 13.9. The van der Waals surface area contributed by atoms with Gasteiger partial charge in [-0.25, -0.2) is 9.59 Å². The summed E-state index contributed by atoms with van der Waals surface area (Å²) in [5.41, 5.74) is 5.09. The van der Waals surface area contributed by atoms with Crippen LogP contribution in [0.1, 0.15) is 75.1 Å². The lowest BCUT2D eigenvalue weighted by atomic mass is 9.51. The minimum absolute atomic E-state index is 0.0607. The van der Waals surface area contributed by atoms with Crippen molar-refractivity contribution in [2.24, 2.45) is 10.8 Å². The summed E-state index contributed by atoms with van der Waals surface area (Å²) in [4.78, 5) is 32.8. The second-order valence-electron chi connectivity index (χ2n) is 18.3. The molecule has 0 aromatic heterocycles. The number of esters is 2. The number of aliphatic hydroxyl groups excluding tert-OH is 1. The number of phenols is 1. The number of hydrogen-bond donors (Lipinski definition) is 4. The highest BCUT2D eigenvalue weighted by molar-refractivity contribution is 5.95. The van der Waals surface area contributed by atoms with Gasteiger partial charge in [-0.1, -0.05) is 13.8 Å². The van der Waals surface area contributed by atoms with Crippen LogP contribution in [-0.4, -0.2) is 117 Å². The number of aromatic hydroxyl groups is 1. The largest absolute Gasteiger partial charge is 0.504 e. The van der Waals surface area contributed by atoms with Gasteiger partial charge < -0.3 is 49.3 Å². The molecule has 58 heavy (non-hydrogen) atoms. The third-order valence-corrected chi connectivity index (χ3v) is 16.9. The number of phenolic OH excluding ortho intramolecular Hbond substituents is 1. The minimum atomic E-state index is -0.959. The molecule has 14 nitrogen and oxygen atoms in total. The van der Waals surface area contributed by atoms with Crippen LogP contribution in [-0.2, 0) is 34.6 Å². The first-order valence-electron chi connectivity index (χ1n) is 20.9. The van der Waals surface area contributed by atoms with Gasteiger partial charge in [-0.3, -0.25) is 9.80 Å².